The van der Waals surface area contributed by atoms with Gasteiger partial charge >= 0.3 is 0 Å². The largest absolute Gasteiger partial charge is 0.246 e. The minimum absolute atomic E-state index is 0.0924. The Hall–Kier alpha value is -0.360. The van der Waals surface area contributed by atoms with E-state index in [0.717, 1.165) is 18.9 Å². The highest BCUT2D eigenvalue weighted by Crippen LogP contribution is 2.36. The molecule has 1 fully saturated rings. The van der Waals surface area contributed by atoms with Crippen LogP contribution in [0.1, 0.15) is 32.3 Å². The molecule has 0 spiro atoms. The van der Waals surface area contributed by atoms with E-state index in [1.165, 1.54) is 10.4 Å². The average Bonchev–Trinajstić information content (AvgIpc) is 2.71. The molecule has 20 heavy (non-hydrogen) atoms. The van der Waals surface area contributed by atoms with Crippen LogP contribution in [-0.4, -0.2) is 24.8 Å². The average molecular weight is 340 g/mol. The highest BCUT2D eigenvalue weighted by Gasteiger charge is 2.42. The van der Waals surface area contributed by atoms with E-state index in [1.54, 1.807) is 0 Å². The van der Waals surface area contributed by atoms with Gasteiger partial charge in [0.05, 0.1) is 5.88 Å². The van der Waals surface area contributed by atoms with Crippen molar-refractivity contribution in [1.82, 2.24) is 4.31 Å². The van der Waals surface area contributed by atoms with Gasteiger partial charge in [-0.1, -0.05) is 11.6 Å². The van der Waals surface area contributed by atoms with Crippen LogP contribution < -0.4 is 0 Å². The molecule has 0 aliphatic carbocycles. The monoisotopic (exact) mass is 339 g/mol. The van der Waals surface area contributed by atoms with Crippen LogP contribution >= 0.6 is 23.2 Å². The molecule has 1 aliphatic heterocycles. The fourth-order valence-electron chi connectivity index (χ4n) is 2.55. The molecule has 0 bridgehead atoms. The first-order valence-corrected chi connectivity index (χ1v) is 8.62. The molecule has 0 saturated carbocycles. The Bertz CT molecular complexity index is 632. The lowest BCUT2D eigenvalue weighted by Gasteiger charge is -2.30. The molecular formula is C13H16Cl2FNO2S. The Balaban J connectivity index is 2.58. The molecule has 1 saturated heterocycles. The minimum atomic E-state index is -3.92. The Labute approximate surface area is 128 Å². The quantitative estimate of drug-likeness (QED) is 0.786. The fourth-order valence-corrected chi connectivity index (χ4v) is 5.03. The molecule has 1 aliphatic rings. The van der Waals surface area contributed by atoms with E-state index in [4.69, 9.17) is 23.2 Å². The van der Waals surface area contributed by atoms with Gasteiger partial charge in [0.15, 0.2) is 0 Å². The van der Waals surface area contributed by atoms with Crippen molar-refractivity contribution >= 4 is 33.2 Å². The number of nitrogens with zero attached hydrogens (tertiary/aromatic N) is 1. The van der Waals surface area contributed by atoms with Gasteiger partial charge in [-0.25, -0.2) is 12.8 Å². The summed E-state index contributed by atoms with van der Waals surface area (Å²) in [4.78, 5) is -0.393. The molecule has 0 aromatic heterocycles. The third-order valence-electron chi connectivity index (χ3n) is 3.62. The van der Waals surface area contributed by atoms with Crippen LogP contribution in [0.15, 0.2) is 17.0 Å². The van der Waals surface area contributed by atoms with E-state index in [0.29, 0.717) is 6.54 Å². The highest BCUT2D eigenvalue weighted by atomic mass is 35.5. The maximum atomic E-state index is 14.3. The van der Waals surface area contributed by atoms with E-state index in [1.807, 2.05) is 13.8 Å². The minimum Gasteiger partial charge on any atom is -0.207 e. The van der Waals surface area contributed by atoms with Gasteiger partial charge < -0.3 is 0 Å². The van der Waals surface area contributed by atoms with Gasteiger partial charge in [0.2, 0.25) is 10.0 Å². The van der Waals surface area contributed by atoms with Crippen LogP contribution in [0.2, 0.25) is 5.02 Å². The normalized spacial score (nSPS) is 19.4. The third kappa shape index (κ3) is 2.69. The summed E-state index contributed by atoms with van der Waals surface area (Å²) in [5.74, 6) is -0.940. The first-order valence-electron chi connectivity index (χ1n) is 6.27. The topological polar surface area (TPSA) is 37.4 Å². The summed E-state index contributed by atoms with van der Waals surface area (Å²) >= 11 is 11.5. The smallest absolute Gasteiger partial charge is 0.207 e. The summed E-state index contributed by atoms with van der Waals surface area (Å²) in [5, 5.41) is 0.164. The second kappa shape index (κ2) is 5.44. The lowest BCUT2D eigenvalue weighted by atomic mass is 10.0. The van der Waals surface area contributed by atoms with Crippen LogP contribution in [-0.2, 0) is 15.9 Å². The van der Waals surface area contributed by atoms with Crippen molar-refractivity contribution in [2.24, 2.45) is 0 Å². The summed E-state index contributed by atoms with van der Waals surface area (Å²) in [6, 6.07) is 2.49. The zero-order valence-electron chi connectivity index (χ0n) is 11.3. The lowest BCUT2D eigenvalue weighted by Crippen LogP contribution is -2.42. The zero-order valence-corrected chi connectivity index (χ0v) is 13.6. The Morgan fingerprint density at radius 2 is 2.05 bits per heavy atom. The number of sulfonamides is 1. The Morgan fingerprint density at radius 1 is 1.40 bits per heavy atom. The number of alkyl halides is 1. The van der Waals surface area contributed by atoms with Gasteiger partial charge in [-0.3, -0.25) is 0 Å². The summed E-state index contributed by atoms with van der Waals surface area (Å²) in [6.45, 7) is 4.06. The van der Waals surface area contributed by atoms with Gasteiger partial charge in [0.25, 0.3) is 0 Å². The molecule has 0 amide bonds. The molecule has 2 rings (SSSR count). The van der Waals surface area contributed by atoms with Gasteiger partial charge in [-0.2, -0.15) is 4.31 Å². The van der Waals surface area contributed by atoms with Crippen LogP contribution in [0.25, 0.3) is 0 Å². The lowest BCUT2D eigenvalue weighted by molar-refractivity contribution is 0.290. The van der Waals surface area contributed by atoms with Crippen molar-refractivity contribution in [1.29, 1.82) is 0 Å². The van der Waals surface area contributed by atoms with Crippen molar-refractivity contribution in [3.63, 3.8) is 0 Å². The van der Waals surface area contributed by atoms with Crippen molar-refractivity contribution in [2.45, 2.75) is 43.0 Å². The maximum absolute atomic E-state index is 14.3. The number of hydrogen-bond donors (Lipinski definition) is 0. The van der Waals surface area contributed by atoms with Gasteiger partial charge in [-0.15, -0.1) is 11.6 Å². The molecule has 7 heteroatoms. The fraction of sp³-hybridized carbons (Fsp3) is 0.538. The highest BCUT2D eigenvalue weighted by molar-refractivity contribution is 7.89. The number of halogens is 3. The first-order chi connectivity index (χ1) is 9.20. The molecule has 0 atom stereocenters. The predicted octanol–water partition coefficient (Wildman–Crippen LogP) is 3.78. The molecule has 1 aromatic carbocycles. The van der Waals surface area contributed by atoms with Crippen LogP contribution in [0.5, 0.6) is 0 Å². The van der Waals surface area contributed by atoms with Crippen molar-refractivity contribution in [2.75, 3.05) is 6.54 Å². The van der Waals surface area contributed by atoms with E-state index >= 15 is 0 Å². The second-order valence-corrected chi connectivity index (χ2v) is 8.04. The first kappa shape index (κ1) is 16.0. The van der Waals surface area contributed by atoms with Gasteiger partial charge in [0, 0.05) is 22.7 Å². The SMILES string of the molecule is CC1(C)CCCN1S(=O)(=O)c1cc(Cl)cc(CCl)c1F. The summed E-state index contributed by atoms with van der Waals surface area (Å²) in [6.07, 6.45) is 1.51. The van der Waals surface area contributed by atoms with Crippen LogP contribution in [0.4, 0.5) is 4.39 Å². The van der Waals surface area contributed by atoms with Crippen molar-refractivity contribution in [3.05, 3.63) is 28.5 Å². The van der Waals surface area contributed by atoms with Crippen LogP contribution in [0.3, 0.4) is 0 Å². The molecule has 3 nitrogen and oxygen atoms in total. The predicted molar refractivity (Wildman–Crippen MR) is 78.2 cm³/mol. The second-order valence-electron chi connectivity index (χ2n) is 5.50. The zero-order chi connectivity index (χ0) is 15.1. The maximum Gasteiger partial charge on any atom is 0.246 e. The summed E-state index contributed by atoms with van der Waals surface area (Å²) in [7, 11) is -3.92. The van der Waals surface area contributed by atoms with Crippen LogP contribution in [0, 0.1) is 5.82 Å². The van der Waals surface area contributed by atoms with Gasteiger partial charge in [-0.05, 0) is 38.8 Å². The summed E-state index contributed by atoms with van der Waals surface area (Å²) < 4.78 is 41.0. The molecule has 0 radical (unpaired) electrons. The van der Waals surface area contributed by atoms with Gasteiger partial charge in [0.1, 0.15) is 10.7 Å². The van der Waals surface area contributed by atoms with E-state index < -0.39 is 26.3 Å². The number of rotatable bonds is 3. The molecule has 1 heterocycles. The molecular weight excluding hydrogens is 324 g/mol. The Kier molecular flexibility index (Phi) is 4.36. The molecule has 1 aromatic rings. The summed E-state index contributed by atoms with van der Waals surface area (Å²) in [5.41, 5.74) is -0.427. The van der Waals surface area contributed by atoms with Crippen molar-refractivity contribution < 1.29 is 12.8 Å². The third-order valence-corrected chi connectivity index (χ3v) is 6.23. The standard InChI is InChI=1S/C13H16Cl2FNO2S/c1-13(2)4-3-5-17(13)20(18,19)11-7-10(15)6-9(8-14)12(11)16/h6-7H,3-5,8H2,1-2H3. The number of benzene rings is 1. The molecule has 0 N–H and O–H groups in total. The number of hydrogen-bond acceptors (Lipinski definition) is 2. The van der Waals surface area contributed by atoms with E-state index in [2.05, 4.69) is 0 Å². The van der Waals surface area contributed by atoms with E-state index in [-0.39, 0.29) is 16.5 Å². The van der Waals surface area contributed by atoms with E-state index in [9.17, 15) is 12.8 Å². The van der Waals surface area contributed by atoms with Crippen molar-refractivity contribution in [3.8, 4) is 0 Å². The Morgan fingerprint density at radius 3 is 2.55 bits per heavy atom. The molecule has 0 unspecified atom stereocenters. The molecule has 112 valence electrons.